The highest BCUT2D eigenvalue weighted by Gasteiger charge is 2.21. The summed E-state index contributed by atoms with van der Waals surface area (Å²) >= 11 is 0. The number of allylic oxidation sites excluding steroid dienone is 2. The van der Waals surface area contributed by atoms with E-state index in [1.54, 1.807) is 0 Å². The van der Waals surface area contributed by atoms with E-state index in [-0.39, 0.29) is 5.41 Å². The Morgan fingerprint density at radius 3 is 2.25 bits per heavy atom. The predicted molar refractivity (Wildman–Crippen MR) is 102 cm³/mol. The highest BCUT2D eigenvalue weighted by atomic mass is 16.5. The van der Waals surface area contributed by atoms with Gasteiger partial charge in [0.1, 0.15) is 0 Å². The van der Waals surface area contributed by atoms with Gasteiger partial charge in [-0.2, -0.15) is 0 Å². The van der Waals surface area contributed by atoms with Crippen LogP contribution in [-0.4, -0.2) is 39.6 Å². The highest BCUT2D eigenvalue weighted by Crippen LogP contribution is 2.26. The van der Waals surface area contributed by atoms with E-state index in [0.717, 1.165) is 13.0 Å². The first kappa shape index (κ1) is 20.9. The molecule has 0 aromatic heterocycles. The van der Waals surface area contributed by atoms with Crippen LogP contribution >= 0.6 is 0 Å². The van der Waals surface area contributed by atoms with Crippen molar-refractivity contribution in [2.24, 2.45) is 0 Å². The molecular weight excluding hydrogens is 300 g/mol. The second-order valence-electron chi connectivity index (χ2n) is 6.71. The van der Waals surface area contributed by atoms with Crippen molar-refractivity contribution in [2.45, 2.75) is 46.5 Å². The fraction of sp³-hybridized carbons (Fsp3) is 0.619. The molecule has 0 saturated heterocycles. The smallest absolute Gasteiger partial charge is 0.0701 e. The molecular formula is C21H34O3. The molecule has 136 valence electrons. The third kappa shape index (κ3) is 7.61. The summed E-state index contributed by atoms with van der Waals surface area (Å²) in [7, 11) is 0. The topological polar surface area (TPSA) is 27.7 Å². The molecule has 0 aliphatic carbocycles. The van der Waals surface area contributed by atoms with Gasteiger partial charge in [-0.3, -0.25) is 0 Å². The molecule has 0 radical (unpaired) electrons. The van der Waals surface area contributed by atoms with Crippen molar-refractivity contribution >= 4 is 5.57 Å². The highest BCUT2D eigenvalue weighted by molar-refractivity contribution is 5.64. The minimum absolute atomic E-state index is 0.0196. The van der Waals surface area contributed by atoms with Crippen LogP contribution in [0.15, 0.2) is 30.3 Å². The molecule has 3 heteroatoms. The monoisotopic (exact) mass is 334 g/mol. The molecule has 0 amide bonds. The zero-order chi connectivity index (χ0) is 17.8. The minimum atomic E-state index is -0.0196. The first-order valence-corrected chi connectivity index (χ1v) is 8.98. The minimum Gasteiger partial charge on any atom is -0.379 e. The van der Waals surface area contributed by atoms with Gasteiger partial charge in [0.2, 0.25) is 0 Å². The van der Waals surface area contributed by atoms with Gasteiger partial charge in [0.25, 0.3) is 0 Å². The summed E-state index contributed by atoms with van der Waals surface area (Å²) in [5, 5.41) is 0. The Labute approximate surface area is 148 Å². The van der Waals surface area contributed by atoms with Crippen molar-refractivity contribution in [3.05, 3.63) is 41.5 Å². The van der Waals surface area contributed by atoms with Crippen LogP contribution in [0.1, 0.15) is 52.2 Å². The van der Waals surface area contributed by atoms with Crippen LogP contribution in [0.5, 0.6) is 0 Å². The Balaban J connectivity index is 2.34. The molecule has 0 aliphatic rings. The first-order valence-electron chi connectivity index (χ1n) is 8.98. The van der Waals surface area contributed by atoms with Gasteiger partial charge in [0, 0.05) is 12.0 Å². The van der Waals surface area contributed by atoms with E-state index >= 15 is 0 Å². The molecule has 0 fully saturated rings. The average Bonchev–Trinajstić information content (AvgIpc) is 2.59. The van der Waals surface area contributed by atoms with E-state index in [0.29, 0.717) is 33.0 Å². The van der Waals surface area contributed by atoms with E-state index in [1.807, 2.05) is 0 Å². The SMILES string of the molecule is C/C=C(\C)c1cccc(C(C)(C)COCCOCCOCCC)c1. The molecule has 1 aromatic rings. The van der Waals surface area contributed by atoms with Crippen LogP contribution in [-0.2, 0) is 19.6 Å². The molecule has 0 bridgehead atoms. The quantitative estimate of drug-likeness (QED) is 0.512. The van der Waals surface area contributed by atoms with E-state index in [4.69, 9.17) is 14.2 Å². The molecule has 3 nitrogen and oxygen atoms in total. The lowest BCUT2D eigenvalue weighted by Crippen LogP contribution is -2.25. The van der Waals surface area contributed by atoms with E-state index < -0.39 is 0 Å². The van der Waals surface area contributed by atoms with Gasteiger partial charge in [-0.1, -0.05) is 51.1 Å². The van der Waals surface area contributed by atoms with Gasteiger partial charge in [0.05, 0.1) is 33.0 Å². The fourth-order valence-corrected chi connectivity index (χ4v) is 2.35. The zero-order valence-corrected chi connectivity index (χ0v) is 16.1. The summed E-state index contributed by atoms with van der Waals surface area (Å²) in [5.74, 6) is 0. The van der Waals surface area contributed by atoms with Crippen LogP contribution in [0.4, 0.5) is 0 Å². The van der Waals surface area contributed by atoms with Crippen molar-refractivity contribution in [1.82, 2.24) is 0 Å². The molecule has 0 heterocycles. The third-order valence-corrected chi connectivity index (χ3v) is 4.09. The Hall–Kier alpha value is -1.16. The van der Waals surface area contributed by atoms with E-state index in [2.05, 4.69) is 65.0 Å². The molecule has 1 rings (SSSR count). The molecule has 0 aliphatic heterocycles. The van der Waals surface area contributed by atoms with Gasteiger partial charge >= 0.3 is 0 Å². The summed E-state index contributed by atoms with van der Waals surface area (Å²) in [6.45, 7) is 14.8. The average molecular weight is 335 g/mol. The number of rotatable bonds is 12. The number of hydrogen-bond acceptors (Lipinski definition) is 3. The zero-order valence-electron chi connectivity index (χ0n) is 16.1. The number of ether oxygens (including phenoxy) is 3. The van der Waals surface area contributed by atoms with Gasteiger partial charge in [-0.15, -0.1) is 0 Å². The molecule has 0 atom stereocenters. The molecule has 1 aromatic carbocycles. The maximum atomic E-state index is 5.83. The van der Waals surface area contributed by atoms with Crippen molar-refractivity contribution in [3.63, 3.8) is 0 Å². The summed E-state index contributed by atoms with van der Waals surface area (Å²) < 4.78 is 16.7. The normalized spacial score (nSPS) is 12.6. The van der Waals surface area contributed by atoms with Crippen LogP contribution in [0.3, 0.4) is 0 Å². The Morgan fingerprint density at radius 1 is 1.00 bits per heavy atom. The van der Waals surface area contributed by atoms with Gasteiger partial charge in [-0.05, 0) is 37.0 Å². The second-order valence-corrected chi connectivity index (χ2v) is 6.71. The Kier molecular flexibility index (Phi) is 9.92. The van der Waals surface area contributed by atoms with Crippen LogP contribution in [0.2, 0.25) is 0 Å². The van der Waals surface area contributed by atoms with Crippen LogP contribution < -0.4 is 0 Å². The van der Waals surface area contributed by atoms with Crippen molar-refractivity contribution in [3.8, 4) is 0 Å². The molecule has 0 N–H and O–H groups in total. The van der Waals surface area contributed by atoms with E-state index in [1.165, 1.54) is 16.7 Å². The molecule has 0 unspecified atom stereocenters. The Bertz CT molecular complexity index is 492. The standard InChI is InChI=1S/C21H34O3/c1-6-11-22-12-13-23-14-15-24-17-21(4,5)20-10-8-9-19(16-20)18(3)7-2/h7-10,16H,6,11-15,17H2,1-5H3/b18-7+. The summed E-state index contributed by atoms with van der Waals surface area (Å²) in [6.07, 6.45) is 3.19. The van der Waals surface area contributed by atoms with Crippen molar-refractivity contribution < 1.29 is 14.2 Å². The lowest BCUT2D eigenvalue weighted by atomic mass is 9.84. The van der Waals surface area contributed by atoms with Gasteiger partial charge < -0.3 is 14.2 Å². The van der Waals surface area contributed by atoms with Crippen LogP contribution in [0, 0.1) is 0 Å². The van der Waals surface area contributed by atoms with Crippen LogP contribution in [0.25, 0.3) is 5.57 Å². The summed E-state index contributed by atoms with van der Waals surface area (Å²) in [5.41, 5.74) is 3.86. The van der Waals surface area contributed by atoms with Crippen molar-refractivity contribution in [1.29, 1.82) is 0 Å². The number of benzene rings is 1. The lowest BCUT2D eigenvalue weighted by molar-refractivity contribution is 0.00616. The largest absolute Gasteiger partial charge is 0.379 e. The third-order valence-electron chi connectivity index (χ3n) is 4.09. The summed E-state index contributed by atoms with van der Waals surface area (Å²) in [6, 6.07) is 8.72. The van der Waals surface area contributed by atoms with Crippen molar-refractivity contribution in [2.75, 3.05) is 39.6 Å². The Morgan fingerprint density at radius 2 is 1.62 bits per heavy atom. The fourth-order valence-electron chi connectivity index (χ4n) is 2.35. The van der Waals surface area contributed by atoms with E-state index in [9.17, 15) is 0 Å². The lowest BCUT2D eigenvalue weighted by Gasteiger charge is -2.26. The van der Waals surface area contributed by atoms with Gasteiger partial charge in [-0.25, -0.2) is 0 Å². The maximum Gasteiger partial charge on any atom is 0.0701 e. The maximum absolute atomic E-state index is 5.83. The summed E-state index contributed by atoms with van der Waals surface area (Å²) in [4.78, 5) is 0. The first-order chi connectivity index (χ1) is 11.5. The molecule has 24 heavy (non-hydrogen) atoms. The molecule has 0 spiro atoms. The predicted octanol–water partition coefficient (Wildman–Crippen LogP) is 4.85. The second kappa shape index (κ2) is 11.4. The molecule has 0 saturated carbocycles. The van der Waals surface area contributed by atoms with Gasteiger partial charge in [0.15, 0.2) is 0 Å². The number of hydrogen-bond donors (Lipinski definition) is 0.